The molecule has 2 aliphatic rings. The van der Waals surface area contributed by atoms with Crippen LogP contribution in [0.5, 0.6) is 0 Å². The normalized spacial score (nSPS) is 20.5. The smallest absolute Gasteiger partial charge is 0.230 e. The van der Waals surface area contributed by atoms with Gasteiger partial charge in [0.1, 0.15) is 11.5 Å². The van der Waals surface area contributed by atoms with Gasteiger partial charge in [-0.05, 0) is 31.6 Å². The van der Waals surface area contributed by atoms with E-state index in [-0.39, 0.29) is 11.8 Å². The Kier molecular flexibility index (Phi) is 3.32. The molecule has 1 aliphatic carbocycles. The molecule has 3 heterocycles. The molecule has 0 radical (unpaired) electrons. The van der Waals surface area contributed by atoms with Gasteiger partial charge in [0.2, 0.25) is 5.91 Å². The van der Waals surface area contributed by atoms with Crippen LogP contribution >= 0.6 is 0 Å². The molecule has 0 spiro atoms. The minimum atomic E-state index is -0.203. The number of hydrogen-bond acceptors (Lipinski definition) is 5. The van der Waals surface area contributed by atoms with Gasteiger partial charge in [-0.3, -0.25) is 9.78 Å². The Morgan fingerprint density at radius 1 is 1.27 bits per heavy atom. The number of aromatic nitrogens is 5. The van der Waals surface area contributed by atoms with Crippen molar-refractivity contribution in [3.05, 3.63) is 24.4 Å². The fourth-order valence-corrected chi connectivity index (χ4v) is 2.92. The summed E-state index contributed by atoms with van der Waals surface area (Å²) >= 11 is 0. The molecule has 1 atom stereocenters. The van der Waals surface area contributed by atoms with Gasteiger partial charge in [0.25, 0.3) is 0 Å². The molecule has 22 heavy (non-hydrogen) atoms. The van der Waals surface area contributed by atoms with Gasteiger partial charge < -0.3 is 9.88 Å². The second-order valence-corrected chi connectivity index (χ2v) is 6.01. The van der Waals surface area contributed by atoms with Gasteiger partial charge in [-0.15, -0.1) is 10.2 Å². The molecular formula is C15H18N6O. The molecule has 1 unspecified atom stereocenters. The van der Waals surface area contributed by atoms with Crippen LogP contribution in [0.1, 0.15) is 37.4 Å². The maximum atomic E-state index is 12.4. The fraction of sp³-hybridized carbons (Fsp3) is 0.533. The fourth-order valence-electron chi connectivity index (χ4n) is 2.92. The summed E-state index contributed by atoms with van der Waals surface area (Å²) in [5.74, 6) is 2.00. The standard InChI is InChI=1S/C15H18N6O/c22-15(18-8-10-3-4-10)11-2-1-7-21-13(11)19-20-14(21)12-9-16-5-6-17-12/h5-6,9-11H,1-4,7-8H2,(H,18,22). The molecule has 114 valence electrons. The van der Waals surface area contributed by atoms with Crippen molar-refractivity contribution in [3.63, 3.8) is 0 Å². The maximum Gasteiger partial charge on any atom is 0.230 e. The highest BCUT2D eigenvalue weighted by Crippen LogP contribution is 2.31. The van der Waals surface area contributed by atoms with Crippen molar-refractivity contribution in [2.45, 2.75) is 38.1 Å². The highest BCUT2D eigenvalue weighted by Gasteiger charge is 2.32. The van der Waals surface area contributed by atoms with Gasteiger partial charge in [-0.1, -0.05) is 0 Å². The third-order valence-corrected chi connectivity index (χ3v) is 4.34. The zero-order chi connectivity index (χ0) is 14.9. The molecule has 2 aromatic rings. The van der Waals surface area contributed by atoms with Crippen LogP contribution in [-0.2, 0) is 11.3 Å². The van der Waals surface area contributed by atoms with Crippen LogP contribution in [0, 0.1) is 5.92 Å². The first-order chi connectivity index (χ1) is 10.8. The molecule has 4 rings (SSSR count). The van der Waals surface area contributed by atoms with Crippen molar-refractivity contribution >= 4 is 5.91 Å². The lowest BCUT2D eigenvalue weighted by Gasteiger charge is -2.22. The van der Waals surface area contributed by atoms with Crippen LogP contribution in [0.15, 0.2) is 18.6 Å². The van der Waals surface area contributed by atoms with Gasteiger partial charge in [0.15, 0.2) is 5.82 Å². The summed E-state index contributed by atoms with van der Waals surface area (Å²) in [6.07, 6.45) is 9.18. The third kappa shape index (κ3) is 2.47. The predicted molar refractivity (Wildman–Crippen MR) is 78.8 cm³/mol. The number of nitrogens with zero attached hydrogens (tertiary/aromatic N) is 5. The molecule has 7 heteroatoms. The average Bonchev–Trinajstić information content (AvgIpc) is 3.30. The molecule has 0 bridgehead atoms. The second kappa shape index (κ2) is 5.47. The van der Waals surface area contributed by atoms with E-state index in [0.717, 1.165) is 31.8 Å². The second-order valence-electron chi connectivity index (χ2n) is 6.01. The predicted octanol–water partition coefficient (Wildman–Crippen LogP) is 1.14. The molecule has 1 saturated carbocycles. The van der Waals surface area contributed by atoms with E-state index in [1.807, 2.05) is 4.57 Å². The van der Waals surface area contributed by atoms with E-state index in [9.17, 15) is 4.79 Å². The van der Waals surface area contributed by atoms with Gasteiger partial charge in [0.05, 0.1) is 12.1 Å². The Balaban J connectivity index is 1.59. The minimum absolute atomic E-state index is 0.0749. The largest absolute Gasteiger partial charge is 0.355 e. The Morgan fingerprint density at radius 2 is 2.18 bits per heavy atom. The van der Waals surface area contributed by atoms with Gasteiger partial charge in [-0.2, -0.15) is 0 Å². The molecule has 2 aromatic heterocycles. The summed E-state index contributed by atoms with van der Waals surface area (Å²) in [4.78, 5) is 20.8. The lowest BCUT2D eigenvalue weighted by molar-refractivity contribution is -0.123. The minimum Gasteiger partial charge on any atom is -0.355 e. The van der Waals surface area contributed by atoms with Crippen molar-refractivity contribution in [2.75, 3.05) is 6.54 Å². The lowest BCUT2D eigenvalue weighted by Crippen LogP contribution is -2.34. The quantitative estimate of drug-likeness (QED) is 0.914. The molecule has 1 amide bonds. The molecule has 7 nitrogen and oxygen atoms in total. The summed E-state index contributed by atoms with van der Waals surface area (Å²) in [5.41, 5.74) is 0.695. The summed E-state index contributed by atoms with van der Waals surface area (Å²) in [6.45, 7) is 1.61. The molecular weight excluding hydrogens is 280 g/mol. The highest BCUT2D eigenvalue weighted by atomic mass is 16.1. The van der Waals surface area contributed by atoms with Crippen LogP contribution < -0.4 is 5.32 Å². The average molecular weight is 298 g/mol. The number of carbonyl (C=O) groups is 1. The first-order valence-electron chi connectivity index (χ1n) is 7.80. The molecule has 1 aliphatic heterocycles. The van der Waals surface area contributed by atoms with E-state index in [2.05, 4.69) is 25.5 Å². The number of carbonyl (C=O) groups excluding carboxylic acids is 1. The number of hydrogen-bond donors (Lipinski definition) is 1. The third-order valence-electron chi connectivity index (χ3n) is 4.34. The van der Waals surface area contributed by atoms with Gasteiger partial charge in [0, 0.05) is 25.5 Å². The van der Waals surface area contributed by atoms with Gasteiger partial charge >= 0.3 is 0 Å². The van der Waals surface area contributed by atoms with Crippen LogP contribution in [0.4, 0.5) is 0 Å². The van der Waals surface area contributed by atoms with E-state index in [4.69, 9.17) is 0 Å². The van der Waals surface area contributed by atoms with Crippen LogP contribution in [0.3, 0.4) is 0 Å². The Morgan fingerprint density at radius 3 is 2.95 bits per heavy atom. The summed E-state index contributed by atoms with van der Waals surface area (Å²) in [6, 6.07) is 0. The summed E-state index contributed by atoms with van der Waals surface area (Å²) in [5, 5.41) is 11.6. The van der Waals surface area contributed by atoms with E-state index < -0.39 is 0 Å². The van der Waals surface area contributed by atoms with Crippen molar-refractivity contribution in [1.82, 2.24) is 30.0 Å². The van der Waals surface area contributed by atoms with Crippen molar-refractivity contribution in [3.8, 4) is 11.5 Å². The van der Waals surface area contributed by atoms with Crippen molar-refractivity contribution in [1.29, 1.82) is 0 Å². The maximum absolute atomic E-state index is 12.4. The van der Waals surface area contributed by atoms with Gasteiger partial charge in [-0.25, -0.2) is 4.98 Å². The number of fused-ring (bicyclic) bond motifs is 1. The Bertz CT molecular complexity index is 679. The summed E-state index contributed by atoms with van der Waals surface area (Å²) in [7, 11) is 0. The molecule has 1 N–H and O–H groups in total. The summed E-state index contributed by atoms with van der Waals surface area (Å²) < 4.78 is 2.01. The van der Waals surface area contributed by atoms with E-state index >= 15 is 0 Å². The molecule has 0 saturated heterocycles. The Hall–Kier alpha value is -2.31. The highest BCUT2D eigenvalue weighted by molar-refractivity contribution is 5.83. The number of nitrogens with one attached hydrogen (secondary N) is 1. The van der Waals surface area contributed by atoms with E-state index in [0.29, 0.717) is 17.4 Å². The topological polar surface area (TPSA) is 85.6 Å². The first-order valence-corrected chi connectivity index (χ1v) is 7.80. The van der Waals surface area contributed by atoms with Crippen molar-refractivity contribution in [2.24, 2.45) is 5.92 Å². The van der Waals surface area contributed by atoms with Crippen molar-refractivity contribution < 1.29 is 4.79 Å². The van der Waals surface area contributed by atoms with Crippen LogP contribution in [0.25, 0.3) is 11.5 Å². The van der Waals surface area contributed by atoms with E-state index in [1.165, 1.54) is 12.8 Å². The Labute approximate surface area is 128 Å². The monoisotopic (exact) mass is 298 g/mol. The zero-order valence-electron chi connectivity index (χ0n) is 12.3. The van der Waals surface area contributed by atoms with Crippen LogP contribution in [0.2, 0.25) is 0 Å². The van der Waals surface area contributed by atoms with E-state index in [1.54, 1.807) is 18.6 Å². The molecule has 1 fully saturated rings. The molecule has 0 aromatic carbocycles. The SMILES string of the molecule is O=C(NCC1CC1)C1CCCn2c(-c3cnccn3)nnc21. The van der Waals surface area contributed by atoms with Crippen LogP contribution in [-0.4, -0.2) is 37.2 Å². The number of amides is 1. The zero-order valence-corrected chi connectivity index (χ0v) is 12.3. The lowest BCUT2D eigenvalue weighted by atomic mass is 9.97. The first kappa shape index (κ1) is 13.4. The number of rotatable bonds is 4.